The van der Waals surface area contributed by atoms with Crippen LogP contribution in [0, 0.1) is 6.92 Å². The van der Waals surface area contributed by atoms with Crippen molar-refractivity contribution in [2.45, 2.75) is 19.9 Å². The third kappa shape index (κ3) is 3.48. The highest BCUT2D eigenvalue weighted by atomic mass is 16.4. The number of hydrogen-bond acceptors (Lipinski definition) is 3. The van der Waals surface area contributed by atoms with Gasteiger partial charge < -0.3 is 15.1 Å². The van der Waals surface area contributed by atoms with E-state index in [1.54, 1.807) is 12.1 Å². The second-order valence-electron chi connectivity index (χ2n) is 3.87. The standard InChI is InChI=1S/C12H15NO4/c1-8-3-5-10(6-4-8)13(7-11(14)15)9(2)12(16)17/h3-6,9H,7H2,1-2H3,(H,14,15)(H,16,17). The maximum atomic E-state index is 10.9. The highest BCUT2D eigenvalue weighted by molar-refractivity contribution is 5.82. The Kier molecular flexibility index (Phi) is 4.09. The lowest BCUT2D eigenvalue weighted by Crippen LogP contribution is -2.42. The predicted octanol–water partition coefficient (Wildman–Crippen LogP) is 1.36. The summed E-state index contributed by atoms with van der Waals surface area (Å²) in [5, 5.41) is 17.7. The van der Waals surface area contributed by atoms with E-state index in [2.05, 4.69) is 0 Å². The van der Waals surface area contributed by atoms with Crippen molar-refractivity contribution in [2.24, 2.45) is 0 Å². The molecule has 0 aromatic heterocycles. The summed E-state index contributed by atoms with van der Waals surface area (Å²) < 4.78 is 0. The van der Waals surface area contributed by atoms with Gasteiger partial charge in [0.25, 0.3) is 0 Å². The molecule has 0 bridgehead atoms. The number of carboxylic acids is 2. The van der Waals surface area contributed by atoms with Crippen molar-refractivity contribution in [3.05, 3.63) is 29.8 Å². The molecule has 0 aliphatic carbocycles. The van der Waals surface area contributed by atoms with E-state index < -0.39 is 18.0 Å². The summed E-state index contributed by atoms with van der Waals surface area (Å²) in [6.45, 7) is 3.04. The van der Waals surface area contributed by atoms with Crippen LogP contribution in [0.1, 0.15) is 12.5 Å². The molecule has 1 aromatic rings. The number of benzene rings is 1. The molecule has 0 heterocycles. The van der Waals surface area contributed by atoms with Gasteiger partial charge in [-0.3, -0.25) is 4.79 Å². The fraction of sp³-hybridized carbons (Fsp3) is 0.333. The molecular formula is C12H15NO4. The van der Waals surface area contributed by atoms with Crippen molar-refractivity contribution < 1.29 is 19.8 Å². The average Bonchev–Trinajstić information content (AvgIpc) is 2.26. The van der Waals surface area contributed by atoms with Crippen LogP contribution >= 0.6 is 0 Å². The molecule has 0 aliphatic heterocycles. The number of carbonyl (C=O) groups is 2. The fourth-order valence-electron chi connectivity index (χ4n) is 1.47. The van der Waals surface area contributed by atoms with Crippen LogP contribution in [0.4, 0.5) is 5.69 Å². The number of aliphatic carboxylic acids is 2. The highest BCUT2D eigenvalue weighted by Gasteiger charge is 2.22. The summed E-state index contributed by atoms with van der Waals surface area (Å²) >= 11 is 0. The third-order valence-electron chi connectivity index (χ3n) is 2.50. The molecule has 17 heavy (non-hydrogen) atoms. The second-order valence-corrected chi connectivity index (χ2v) is 3.87. The molecule has 0 amide bonds. The average molecular weight is 237 g/mol. The van der Waals surface area contributed by atoms with Gasteiger partial charge in [-0.05, 0) is 26.0 Å². The Bertz CT molecular complexity index is 413. The fourth-order valence-corrected chi connectivity index (χ4v) is 1.47. The minimum Gasteiger partial charge on any atom is -0.480 e. The Hall–Kier alpha value is -2.04. The number of nitrogens with zero attached hydrogens (tertiary/aromatic N) is 1. The molecular weight excluding hydrogens is 222 g/mol. The molecule has 0 radical (unpaired) electrons. The Morgan fingerprint density at radius 3 is 2.18 bits per heavy atom. The van der Waals surface area contributed by atoms with Crippen LogP contribution in [0.3, 0.4) is 0 Å². The minimum atomic E-state index is -1.06. The van der Waals surface area contributed by atoms with Crippen molar-refractivity contribution in [3.63, 3.8) is 0 Å². The largest absolute Gasteiger partial charge is 0.480 e. The lowest BCUT2D eigenvalue weighted by atomic mass is 10.2. The van der Waals surface area contributed by atoms with Gasteiger partial charge in [-0.1, -0.05) is 17.7 Å². The lowest BCUT2D eigenvalue weighted by Gasteiger charge is -2.26. The number of aryl methyl sites for hydroxylation is 1. The quantitative estimate of drug-likeness (QED) is 0.808. The summed E-state index contributed by atoms with van der Waals surface area (Å²) in [6.07, 6.45) is 0. The normalized spacial score (nSPS) is 11.9. The first-order chi connectivity index (χ1) is 7.91. The molecule has 5 nitrogen and oxygen atoms in total. The molecule has 0 fully saturated rings. The van der Waals surface area contributed by atoms with Gasteiger partial charge >= 0.3 is 11.9 Å². The van der Waals surface area contributed by atoms with Gasteiger partial charge in [0.05, 0.1) is 0 Å². The molecule has 0 spiro atoms. The van der Waals surface area contributed by atoms with Crippen molar-refractivity contribution in [3.8, 4) is 0 Å². The monoisotopic (exact) mass is 237 g/mol. The molecule has 0 aliphatic rings. The van der Waals surface area contributed by atoms with Gasteiger partial charge in [0, 0.05) is 5.69 Å². The van der Waals surface area contributed by atoms with Gasteiger partial charge in [0.1, 0.15) is 12.6 Å². The summed E-state index contributed by atoms with van der Waals surface area (Å²) in [5.41, 5.74) is 1.62. The minimum absolute atomic E-state index is 0.337. The number of rotatable bonds is 5. The van der Waals surface area contributed by atoms with E-state index in [-0.39, 0.29) is 6.54 Å². The van der Waals surface area contributed by atoms with E-state index in [0.717, 1.165) is 5.56 Å². The van der Waals surface area contributed by atoms with Crippen LogP contribution in [0.25, 0.3) is 0 Å². The zero-order chi connectivity index (χ0) is 13.0. The van der Waals surface area contributed by atoms with E-state index in [9.17, 15) is 9.59 Å². The summed E-state index contributed by atoms with van der Waals surface area (Å²) in [4.78, 5) is 23.0. The van der Waals surface area contributed by atoms with Crippen molar-refractivity contribution in [2.75, 3.05) is 11.4 Å². The molecule has 1 unspecified atom stereocenters. The van der Waals surface area contributed by atoms with Gasteiger partial charge in [-0.25, -0.2) is 4.79 Å². The van der Waals surface area contributed by atoms with Gasteiger partial charge in [-0.15, -0.1) is 0 Å². The second kappa shape index (κ2) is 5.34. The van der Waals surface area contributed by atoms with E-state index in [0.29, 0.717) is 5.69 Å². The molecule has 2 N–H and O–H groups in total. The van der Waals surface area contributed by atoms with Crippen LogP contribution in [0.2, 0.25) is 0 Å². The smallest absolute Gasteiger partial charge is 0.326 e. The maximum Gasteiger partial charge on any atom is 0.326 e. The SMILES string of the molecule is Cc1ccc(N(CC(=O)O)C(C)C(=O)O)cc1. The molecule has 1 aromatic carbocycles. The number of carboxylic acid groups (broad SMARTS) is 2. The Morgan fingerprint density at radius 2 is 1.76 bits per heavy atom. The van der Waals surface area contributed by atoms with Gasteiger partial charge in [0.15, 0.2) is 0 Å². The summed E-state index contributed by atoms with van der Waals surface area (Å²) in [7, 11) is 0. The van der Waals surface area contributed by atoms with Crippen molar-refractivity contribution >= 4 is 17.6 Å². The zero-order valence-corrected chi connectivity index (χ0v) is 9.75. The molecule has 92 valence electrons. The van der Waals surface area contributed by atoms with Crippen LogP contribution in [0.5, 0.6) is 0 Å². The molecule has 1 rings (SSSR count). The number of hydrogen-bond donors (Lipinski definition) is 2. The van der Waals surface area contributed by atoms with E-state index in [1.807, 2.05) is 19.1 Å². The topological polar surface area (TPSA) is 77.8 Å². The molecule has 0 saturated heterocycles. The van der Waals surface area contributed by atoms with E-state index in [1.165, 1.54) is 11.8 Å². The first kappa shape index (κ1) is 13.0. The maximum absolute atomic E-state index is 10.9. The molecule has 5 heteroatoms. The van der Waals surface area contributed by atoms with E-state index >= 15 is 0 Å². The van der Waals surface area contributed by atoms with Crippen LogP contribution in [-0.4, -0.2) is 34.7 Å². The Labute approximate surface area is 99.3 Å². The highest BCUT2D eigenvalue weighted by Crippen LogP contribution is 2.17. The number of anilines is 1. The van der Waals surface area contributed by atoms with Gasteiger partial charge in [0.2, 0.25) is 0 Å². The first-order valence-electron chi connectivity index (χ1n) is 5.19. The van der Waals surface area contributed by atoms with Crippen LogP contribution in [-0.2, 0) is 9.59 Å². The Balaban J connectivity index is 3.01. The lowest BCUT2D eigenvalue weighted by molar-refractivity contribution is -0.138. The summed E-state index contributed by atoms with van der Waals surface area (Å²) in [6, 6.07) is 6.20. The molecule has 1 atom stereocenters. The zero-order valence-electron chi connectivity index (χ0n) is 9.75. The first-order valence-corrected chi connectivity index (χ1v) is 5.19. The van der Waals surface area contributed by atoms with Crippen LogP contribution < -0.4 is 4.90 Å². The van der Waals surface area contributed by atoms with Crippen molar-refractivity contribution in [1.82, 2.24) is 0 Å². The Morgan fingerprint density at radius 1 is 1.24 bits per heavy atom. The van der Waals surface area contributed by atoms with E-state index in [4.69, 9.17) is 10.2 Å². The third-order valence-corrected chi connectivity index (χ3v) is 2.50. The van der Waals surface area contributed by atoms with Gasteiger partial charge in [-0.2, -0.15) is 0 Å². The predicted molar refractivity (Wildman–Crippen MR) is 63.3 cm³/mol. The van der Waals surface area contributed by atoms with Crippen molar-refractivity contribution in [1.29, 1.82) is 0 Å². The van der Waals surface area contributed by atoms with Crippen LogP contribution in [0.15, 0.2) is 24.3 Å². The molecule has 0 saturated carbocycles. The summed E-state index contributed by atoms with van der Waals surface area (Å²) in [5.74, 6) is -2.11.